The number of carbonyl (C=O) groups excluding carboxylic acids is 2. The van der Waals surface area contributed by atoms with Crippen LogP contribution in [0.2, 0.25) is 0 Å². The van der Waals surface area contributed by atoms with E-state index in [-0.39, 0.29) is 18.3 Å². The number of aryl methyl sites for hydroxylation is 1. The summed E-state index contributed by atoms with van der Waals surface area (Å²) in [6.07, 6.45) is 5.03. The molecule has 2 aromatic carbocycles. The zero-order valence-electron chi connectivity index (χ0n) is 16.4. The van der Waals surface area contributed by atoms with Crippen LogP contribution >= 0.6 is 11.3 Å². The topological polar surface area (TPSA) is 77.5 Å². The van der Waals surface area contributed by atoms with Crippen molar-refractivity contribution in [3.63, 3.8) is 0 Å². The Balaban J connectivity index is 1.38. The number of carbonyl (C=O) groups is 2. The molecule has 0 atom stereocenters. The molecule has 3 aromatic rings. The maximum absolute atomic E-state index is 12.8. The highest BCUT2D eigenvalue weighted by Crippen LogP contribution is 2.29. The van der Waals surface area contributed by atoms with Crippen LogP contribution in [0.4, 0.5) is 5.13 Å². The summed E-state index contributed by atoms with van der Waals surface area (Å²) in [5.74, 6) is 1.14. The van der Waals surface area contributed by atoms with E-state index < -0.39 is 0 Å². The van der Waals surface area contributed by atoms with Crippen LogP contribution in [-0.2, 0) is 11.2 Å². The van der Waals surface area contributed by atoms with Gasteiger partial charge in [0.15, 0.2) is 17.5 Å². The van der Waals surface area contributed by atoms with E-state index in [9.17, 15) is 9.59 Å². The van der Waals surface area contributed by atoms with Crippen molar-refractivity contribution in [3.8, 4) is 11.5 Å². The van der Waals surface area contributed by atoms with Crippen LogP contribution in [0.15, 0.2) is 59.6 Å². The van der Waals surface area contributed by atoms with Crippen molar-refractivity contribution in [2.75, 3.05) is 19.0 Å². The van der Waals surface area contributed by atoms with Gasteiger partial charge in [-0.2, -0.15) is 0 Å². The molecule has 6 nitrogen and oxygen atoms in total. The maximum Gasteiger partial charge on any atom is 0.264 e. The lowest BCUT2D eigenvalue weighted by atomic mass is 9.86. The largest absolute Gasteiger partial charge is 0.497 e. The summed E-state index contributed by atoms with van der Waals surface area (Å²) < 4.78 is 10.8. The lowest BCUT2D eigenvalue weighted by molar-refractivity contribution is -0.118. The molecule has 0 spiro atoms. The molecule has 0 bridgehead atoms. The second-order valence-corrected chi connectivity index (χ2v) is 7.66. The molecular weight excluding hydrogens is 400 g/mol. The minimum atomic E-state index is -0.265. The summed E-state index contributed by atoms with van der Waals surface area (Å²) in [5.41, 5.74) is 3.45. The van der Waals surface area contributed by atoms with E-state index in [0.29, 0.717) is 17.3 Å². The molecule has 0 saturated carbocycles. The number of anilines is 1. The number of nitrogens with one attached hydrogen (secondary N) is 1. The standard InChI is InChI=1S/C23H20N2O4S/c1-28-19-8-9-20-16(13-19)4-5-17(22(20)27)12-15-2-6-18(7-3-15)29-14-21(26)25-23-24-10-11-30-23/h2-3,6-13H,4-5,14H2,1H3,(H,24,25,26)/b17-12+. The van der Waals surface area contributed by atoms with E-state index in [1.165, 1.54) is 11.3 Å². The molecule has 4 rings (SSSR count). The quantitative estimate of drug-likeness (QED) is 0.599. The number of rotatable bonds is 6. The number of allylic oxidation sites excluding steroid dienone is 1. The first-order chi connectivity index (χ1) is 14.6. The molecule has 1 heterocycles. The molecule has 0 saturated heterocycles. The van der Waals surface area contributed by atoms with Crippen molar-refractivity contribution >= 4 is 34.2 Å². The van der Waals surface area contributed by atoms with Gasteiger partial charge < -0.3 is 9.47 Å². The van der Waals surface area contributed by atoms with Crippen LogP contribution in [0, 0.1) is 0 Å². The van der Waals surface area contributed by atoms with Crippen LogP contribution in [0.25, 0.3) is 6.08 Å². The third kappa shape index (κ3) is 4.58. The fraction of sp³-hybridized carbons (Fsp3) is 0.174. The second kappa shape index (κ2) is 8.92. The van der Waals surface area contributed by atoms with Crippen LogP contribution in [-0.4, -0.2) is 30.4 Å². The molecule has 0 unspecified atom stereocenters. The van der Waals surface area contributed by atoms with Gasteiger partial charge in [0, 0.05) is 22.7 Å². The third-order valence-electron chi connectivity index (χ3n) is 4.78. The minimum absolute atomic E-state index is 0.0538. The Morgan fingerprint density at radius 1 is 1.17 bits per heavy atom. The molecule has 1 N–H and O–H groups in total. The zero-order chi connectivity index (χ0) is 20.9. The van der Waals surface area contributed by atoms with Crippen molar-refractivity contribution in [3.05, 3.63) is 76.3 Å². The first-order valence-electron chi connectivity index (χ1n) is 9.47. The molecule has 1 aliphatic rings. The number of fused-ring (bicyclic) bond motifs is 1. The van der Waals surface area contributed by atoms with Crippen LogP contribution in [0.1, 0.15) is 27.9 Å². The molecule has 7 heteroatoms. The van der Waals surface area contributed by atoms with Crippen molar-refractivity contribution in [1.82, 2.24) is 4.98 Å². The lowest BCUT2D eigenvalue weighted by Crippen LogP contribution is -2.19. The van der Waals surface area contributed by atoms with Gasteiger partial charge in [0.1, 0.15) is 11.5 Å². The van der Waals surface area contributed by atoms with E-state index in [1.54, 1.807) is 30.8 Å². The Kier molecular flexibility index (Phi) is 5.90. The molecular formula is C23H20N2O4S. The van der Waals surface area contributed by atoms with Crippen LogP contribution in [0.3, 0.4) is 0 Å². The number of Topliss-reactive ketones (excluding diaryl/α,β-unsaturated/α-hetero) is 1. The van der Waals surface area contributed by atoms with Gasteiger partial charge in [-0.25, -0.2) is 4.98 Å². The Bertz CT molecular complexity index is 1090. The Morgan fingerprint density at radius 3 is 2.70 bits per heavy atom. The number of benzene rings is 2. The van der Waals surface area contributed by atoms with Gasteiger partial charge in [0.25, 0.3) is 5.91 Å². The molecule has 152 valence electrons. The summed E-state index contributed by atoms with van der Waals surface area (Å²) in [6.45, 7) is -0.0985. The maximum atomic E-state index is 12.8. The SMILES string of the molecule is COc1ccc2c(c1)CC/C(=C\c1ccc(OCC(=O)Nc3nccs3)cc1)C2=O. The number of nitrogens with zero attached hydrogens (tertiary/aromatic N) is 1. The van der Waals surface area contributed by atoms with Crippen LogP contribution < -0.4 is 14.8 Å². The van der Waals surface area contributed by atoms with Gasteiger partial charge in [-0.3, -0.25) is 14.9 Å². The molecule has 1 amide bonds. The predicted molar refractivity (Wildman–Crippen MR) is 116 cm³/mol. The Labute approximate surface area is 178 Å². The Morgan fingerprint density at radius 2 is 1.97 bits per heavy atom. The Hall–Kier alpha value is -3.45. The molecule has 30 heavy (non-hydrogen) atoms. The van der Waals surface area contributed by atoms with Gasteiger partial charge in [-0.05, 0) is 60.4 Å². The average molecular weight is 420 g/mol. The molecule has 0 fully saturated rings. The zero-order valence-corrected chi connectivity index (χ0v) is 17.2. The van der Waals surface area contributed by atoms with E-state index in [4.69, 9.17) is 9.47 Å². The van der Waals surface area contributed by atoms with Crippen molar-refractivity contribution in [1.29, 1.82) is 0 Å². The average Bonchev–Trinajstić information content (AvgIpc) is 3.28. The number of hydrogen-bond donors (Lipinski definition) is 1. The van der Waals surface area contributed by atoms with Gasteiger partial charge in [0.2, 0.25) is 0 Å². The number of amides is 1. The fourth-order valence-electron chi connectivity index (χ4n) is 3.27. The predicted octanol–water partition coefficient (Wildman–Crippen LogP) is 4.38. The number of ether oxygens (including phenoxy) is 2. The van der Waals surface area contributed by atoms with Crippen molar-refractivity contribution in [2.45, 2.75) is 12.8 Å². The third-order valence-corrected chi connectivity index (χ3v) is 5.47. The van der Waals surface area contributed by atoms with E-state index in [1.807, 2.05) is 36.4 Å². The number of aromatic nitrogens is 1. The van der Waals surface area contributed by atoms with Gasteiger partial charge >= 0.3 is 0 Å². The molecule has 1 aliphatic carbocycles. The smallest absolute Gasteiger partial charge is 0.264 e. The number of methoxy groups -OCH3 is 1. The molecule has 0 aliphatic heterocycles. The van der Waals surface area contributed by atoms with E-state index >= 15 is 0 Å². The fourth-order valence-corrected chi connectivity index (χ4v) is 3.81. The van der Waals surface area contributed by atoms with E-state index in [0.717, 1.165) is 34.4 Å². The van der Waals surface area contributed by atoms with E-state index in [2.05, 4.69) is 10.3 Å². The van der Waals surface area contributed by atoms with Crippen LogP contribution in [0.5, 0.6) is 11.5 Å². The summed E-state index contributed by atoms with van der Waals surface area (Å²) in [4.78, 5) is 28.7. The normalized spacial score (nSPS) is 14.3. The second-order valence-electron chi connectivity index (χ2n) is 6.76. The van der Waals surface area contributed by atoms with Crippen molar-refractivity contribution in [2.24, 2.45) is 0 Å². The van der Waals surface area contributed by atoms with Crippen molar-refractivity contribution < 1.29 is 19.1 Å². The van der Waals surface area contributed by atoms with Gasteiger partial charge in [-0.15, -0.1) is 11.3 Å². The summed E-state index contributed by atoms with van der Waals surface area (Å²) in [5, 5.41) is 5.00. The van der Waals surface area contributed by atoms with Gasteiger partial charge in [-0.1, -0.05) is 12.1 Å². The highest BCUT2D eigenvalue weighted by Gasteiger charge is 2.22. The first kappa shape index (κ1) is 19.8. The number of thiazole rings is 1. The summed E-state index contributed by atoms with van der Waals surface area (Å²) in [7, 11) is 1.62. The summed E-state index contributed by atoms with van der Waals surface area (Å²) >= 11 is 1.35. The molecule has 1 aromatic heterocycles. The first-order valence-corrected chi connectivity index (χ1v) is 10.3. The lowest BCUT2D eigenvalue weighted by Gasteiger charge is -2.18. The summed E-state index contributed by atoms with van der Waals surface area (Å²) in [6, 6.07) is 12.9. The number of ketones is 1. The van der Waals surface area contributed by atoms with Gasteiger partial charge in [0.05, 0.1) is 7.11 Å². The molecule has 0 radical (unpaired) electrons. The number of hydrogen-bond acceptors (Lipinski definition) is 6. The highest BCUT2D eigenvalue weighted by molar-refractivity contribution is 7.13. The minimum Gasteiger partial charge on any atom is -0.497 e. The monoisotopic (exact) mass is 420 g/mol. The highest BCUT2D eigenvalue weighted by atomic mass is 32.1.